The van der Waals surface area contributed by atoms with Crippen molar-refractivity contribution >= 4 is 34.8 Å². The summed E-state index contributed by atoms with van der Waals surface area (Å²) in [6.45, 7) is 11.8. The van der Waals surface area contributed by atoms with Crippen molar-refractivity contribution in [1.29, 1.82) is 0 Å². The third-order valence-electron chi connectivity index (χ3n) is 3.52. The predicted octanol–water partition coefficient (Wildman–Crippen LogP) is 5.40. The summed E-state index contributed by atoms with van der Waals surface area (Å²) >= 11 is 2.62. The van der Waals surface area contributed by atoms with Gasteiger partial charge in [-0.2, -0.15) is 0 Å². The summed E-state index contributed by atoms with van der Waals surface area (Å²) in [7, 11) is 0. The van der Waals surface area contributed by atoms with Crippen LogP contribution in [0.4, 0.5) is 0 Å². The molecule has 0 unspecified atom stereocenters. The fraction of sp³-hybridized carbons (Fsp3) is 0.444. The van der Waals surface area contributed by atoms with Gasteiger partial charge in [0.15, 0.2) is 23.0 Å². The molecule has 0 aliphatic carbocycles. The van der Waals surface area contributed by atoms with Crippen LogP contribution in [-0.2, 0) is 10.8 Å². The van der Waals surface area contributed by atoms with E-state index < -0.39 is 0 Å². The number of thiophene rings is 2. The average molecular weight is 369 g/mol. The molecule has 0 saturated heterocycles. The van der Waals surface area contributed by atoms with E-state index in [0.717, 1.165) is 0 Å². The van der Waals surface area contributed by atoms with Crippen LogP contribution in [0.2, 0.25) is 0 Å². The van der Waals surface area contributed by atoms with Gasteiger partial charge >= 0.3 is 0 Å². The first kappa shape index (κ1) is 18.7. The van der Waals surface area contributed by atoms with Gasteiger partial charge in [0.25, 0.3) is 0 Å². The molecule has 0 amide bonds. The van der Waals surface area contributed by atoms with Gasteiger partial charge in [-0.1, -0.05) is 41.5 Å². The molecule has 0 bridgehead atoms. The molecular formula is C18H24O4S2. The predicted molar refractivity (Wildman–Crippen MR) is 102 cm³/mol. The molecule has 0 atom stereocenters. The normalized spacial score (nSPS) is 13.1. The molecule has 0 aromatic carbocycles. The molecule has 2 heterocycles. The molecule has 4 N–H and O–H groups in total. The Balaban J connectivity index is 2.43. The molecule has 132 valence electrons. The SMILES string of the molecule is CC(C)(C)c1sc(/C=C/c2sc(C(C)(C)C)c(O)c2O)c(O)c1O. The second-order valence-electron chi connectivity index (χ2n) is 7.82. The fourth-order valence-electron chi connectivity index (χ4n) is 2.26. The first-order chi connectivity index (χ1) is 10.8. The van der Waals surface area contributed by atoms with Crippen molar-refractivity contribution in [2.75, 3.05) is 0 Å². The maximum Gasteiger partial charge on any atom is 0.176 e. The van der Waals surface area contributed by atoms with Gasteiger partial charge in [-0.25, -0.2) is 0 Å². The maximum atomic E-state index is 10.1. The molecule has 2 rings (SSSR count). The topological polar surface area (TPSA) is 80.9 Å². The van der Waals surface area contributed by atoms with Crippen LogP contribution < -0.4 is 0 Å². The minimum absolute atomic E-state index is 0.0965. The van der Waals surface area contributed by atoms with E-state index in [1.54, 1.807) is 12.2 Å². The zero-order valence-corrected chi connectivity index (χ0v) is 16.4. The molecule has 0 fully saturated rings. The first-order valence-corrected chi connectivity index (χ1v) is 9.25. The summed E-state index contributed by atoms with van der Waals surface area (Å²) in [5, 5.41) is 40.4. The number of aromatic hydroxyl groups is 4. The van der Waals surface area contributed by atoms with Crippen molar-refractivity contribution in [1.82, 2.24) is 0 Å². The summed E-state index contributed by atoms with van der Waals surface area (Å²) in [4.78, 5) is 2.44. The lowest BCUT2D eigenvalue weighted by Gasteiger charge is -2.16. The molecule has 0 radical (unpaired) electrons. The maximum absolute atomic E-state index is 10.1. The van der Waals surface area contributed by atoms with Crippen molar-refractivity contribution < 1.29 is 20.4 Å². The Hall–Kier alpha value is -1.66. The first-order valence-electron chi connectivity index (χ1n) is 7.62. The van der Waals surface area contributed by atoms with Gasteiger partial charge in [-0.3, -0.25) is 0 Å². The van der Waals surface area contributed by atoms with Crippen LogP contribution in [0, 0.1) is 0 Å². The minimum Gasteiger partial charge on any atom is -0.503 e. The van der Waals surface area contributed by atoms with Gasteiger partial charge in [-0.05, 0) is 12.2 Å². The van der Waals surface area contributed by atoms with E-state index in [0.29, 0.717) is 19.5 Å². The van der Waals surface area contributed by atoms with Crippen molar-refractivity contribution in [3.05, 3.63) is 19.5 Å². The Morgan fingerprint density at radius 3 is 1.08 bits per heavy atom. The summed E-state index contributed by atoms with van der Waals surface area (Å²) in [6.07, 6.45) is 3.29. The summed E-state index contributed by atoms with van der Waals surface area (Å²) in [6, 6.07) is 0. The molecule has 4 nitrogen and oxygen atoms in total. The summed E-state index contributed by atoms with van der Waals surface area (Å²) in [5.41, 5.74) is -0.553. The quantitative estimate of drug-likeness (QED) is 0.572. The highest BCUT2D eigenvalue weighted by atomic mass is 32.1. The molecular weight excluding hydrogens is 344 g/mol. The molecule has 6 heteroatoms. The molecule has 0 spiro atoms. The van der Waals surface area contributed by atoms with Gasteiger partial charge in [-0.15, -0.1) is 22.7 Å². The van der Waals surface area contributed by atoms with E-state index in [1.807, 2.05) is 41.5 Å². The number of rotatable bonds is 2. The van der Waals surface area contributed by atoms with Gasteiger partial charge in [0.1, 0.15) is 0 Å². The van der Waals surface area contributed by atoms with E-state index in [1.165, 1.54) is 22.7 Å². The lowest BCUT2D eigenvalue weighted by molar-refractivity contribution is 0.395. The Kier molecular flexibility index (Phi) is 4.67. The smallest absolute Gasteiger partial charge is 0.176 e. The third kappa shape index (κ3) is 3.39. The Morgan fingerprint density at radius 1 is 0.583 bits per heavy atom. The molecule has 24 heavy (non-hydrogen) atoms. The zero-order valence-electron chi connectivity index (χ0n) is 14.8. The average Bonchev–Trinajstić information content (AvgIpc) is 2.88. The Bertz CT molecular complexity index is 717. The van der Waals surface area contributed by atoms with Crippen LogP contribution >= 0.6 is 22.7 Å². The highest BCUT2D eigenvalue weighted by Gasteiger charge is 2.27. The highest BCUT2D eigenvalue weighted by Crippen LogP contribution is 2.49. The number of hydrogen-bond acceptors (Lipinski definition) is 6. The van der Waals surface area contributed by atoms with Crippen molar-refractivity contribution in [3.8, 4) is 23.0 Å². The van der Waals surface area contributed by atoms with Crippen LogP contribution in [0.15, 0.2) is 0 Å². The largest absolute Gasteiger partial charge is 0.503 e. The van der Waals surface area contributed by atoms with E-state index in [-0.39, 0.29) is 33.8 Å². The number of hydrogen-bond donors (Lipinski definition) is 4. The van der Waals surface area contributed by atoms with Crippen LogP contribution in [0.5, 0.6) is 23.0 Å². The third-order valence-corrected chi connectivity index (χ3v) is 6.64. The standard InChI is InChI=1S/C18H24O4S2/c1-17(2,3)15-13(21)11(19)9(23-15)7-8-10-12(20)14(22)16(24-10)18(4,5)6/h7-8,19-22H,1-6H3/b8-7+. The zero-order chi connectivity index (χ0) is 18.4. The second-order valence-corrected chi connectivity index (χ2v) is 9.92. The van der Waals surface area contributed by atoms with Crippen LogP contribution in [0.3, 0.4) is 0 Å². The summed E-state index contributed by atoms with van der Waals surface area (Å²) in [5.74, 6) is -0.503. The van der Waals surface area contributed by atoms with Crippen molar-refractivity contribution in [3.63, 3.8) is 0 Å². The van der Waals surface area contributed by atoms with E-state index in [4.69, 9.17) is 0 Å². The highest BCUT2D eigenvalue weighted by molar-refractivity contribution is 7.14. The molecule has 2 aromatic rings. The molecule has 0 saturated carbocycles. The minimum atomic E-state index is -0.277. The van der Waals surface area contributed by atoms with Gasteiger partial charge in [0, 0.05) is 10.8 Å². The molecule has 0 aliphatic rings. The van der Waals surface area contributed by atoms with Crippen molar-refractivity contribution in [2.24, 2.45) is 0 Å². The van der Waals surface area contributed by atoms with E-state index >= 15 is 0 Å². The lowest BCUT2D eigenvalue weighted by Crippen LogP contribution is -2.08. The molecule has 0 aliphatic heterocycles. The van der Waals surface area contributed by atoms with Crippen LogP contribution in [0.25, 0.3) is 12.2 Å². The van der Waals surface area contributed by atoms with E-state index in [9.17, 15) is 20.4 Å². The van der Waals surface area contributed by atoms with Gasteiger partial charge in [0.2, 0.25) is 0 Å². The van der Waals surface area contributed by atoms with E-state index in [2.05, 4.69) is 0 Å². The van der Waals surface area contributed by atoms with Crippen LogP contribution in [0.1, 0.15) is 61.1 Å². The van der Waals surface area contributed by atoms with Crippen LogP contribution in [-0.4, -0.2) is 20.4 Å². The Labute approximate surface area is 150 Å². The summed E-state index contributed by atoms with van der Waals surface area (Å²) < 4.78 is 0. The molecule has 2 aromatic heterocycles. The monoisotopic (exact) mass is 368 g/mol. The van der Waals surface area contributed by atoms with Gasteiger partial charge in [0.05, 0.1) is 19.5 Å². The fourth-order valence-corrected chi connectivity index (χ4v) is 4.35. The van der Waals surface area contributed by atoms with Crippen molar-refractivity contribution in [2.45, 2.75) is 52.4 Å². The second kappa shape index (κ2) is 6.01. The Morgan fingerprint density at radius 2 is 0.875 bits per heavy atom. The van der Waals surface area contributed by atoms with Gasteiger partial charge < -0.3 is 20.4 Å². The lowest BCUT2D eigenvalue weighted by atomic mass is 9.94.